The van der Waals surface area contributed by atoms with Gasteiger partial charge in [0.1, 0.15) is 5.82 Å². The summed E-state index contributed by atoms with van der Waals surface area (Å²) in [5.41, 5.74) is -0.945. The van der Waals surface area contributed by atoms with Crippen LogP contribution in [0.4, 0.5) is 4.79 Å². The highest BCUT2D eigenvalue weighted by molar-refractivity contribution is 5.77. The highest BCUT2D eigenvalue weighted by atomic mass is 16.4. The van der Waals surface area contributed by atoms with Crippen LogP contribution >= 0.6 is 0 Å². The lowest BCUT2D eigenvalue weighted by atomic mass is 9.88. The molecular formula is C13H22N4O3. The summed E-state index contributed by atoms with van der Waals surface area (Å²) in [5, 5.41) is 11.8. The molecule has 0 bridgehead atoms. The van der Waals surface area contributed by atoms with Crippen molar-refractivity contribution in [3.63, 3.8) is 0 Å². The van der Waals surface area contributed by atoms with Gasteiger partial charge in [-0.15, -0.1) is 0 Å². The molecule has 20 heavy (non-hydrogen) atoms. The van der Waals surface area contributed by atoms with Crippen molar-refractivity contribution in [2.24, 2.45) is 12.5 Å². The Morgan fingerprint density at radius 3 is 2.65 bits per heavy atom. The minimum absolute atomic E-state index is 0.0998. The van der Waals surface area contributed by atoms with Gasteiger partial charge < -0.3 is 19.9 Å². The molecule has 2 N–H and O–H groups in total. The van der Waals surface area contributed by atoms with Crippen LogP contribution in [0.15, 0.2) is 12.4 Å². The Hall–Kier alpha value is -2.05. The van der Waals surface area contributed by atoms with Crippen LogP contribution in [0.25, 0.3) is 0 Å². The van der Waals surface area contributed by atoms with Gasteiger partial charge in [0.25, 0.3) is 0 Å². The van der Waals surface area contributed by atoms with Gasteiger partial charge in [-0.2, -0.15) is 0 Å². The van der Waals surface area contributed by atoms with Crippen molar-refractivity contribution in [1.82, 2.24) is 19.8 Å². The second-order valence-corrected chi connectivity index (χ2v) is 5.19. The van der Waals surface area contributed by atoms with Gasteiger partial charge in [0.2, 0.25) is 0 Å². The summed E-state index contributed by atoms with van der Waals surface area (Å²) in [4.78, 5) is 28.7. The lowest BCUT2D eigenvalue weighted by Crippen LogP contribution is -2.45. The topological polar surface area (TPSA) is 87.5 Å². The third-order valence-electron chi connectivity index (χ3n) is 3.57. The number of aliphatic carboxylic acids is 1. The number of carboxylic acids is 1. The number of rotatable bonds is 6. The third kappa shape index (κ3) is 3.72. The summed E-state index contributed by atoms with van der Waals surface area (Å²) in [6.07, 6.45) is 3.92. The van der Waals surface area contributed by atoms with Gasteiger partial charge in [-0.3, -0.25) is 4.79 Å². The third-order valence-corrected chi connectivity index (χ3v) is 3.57. The van der Waals surface area contributed by atoms with E-state index in [1.54, 1.807) is 33.3 Å². The average molecular weight is 282 g/mol. The summed E-state index contributed by atoms with van der Waals surface area (Å²) in [7, 11) is 3.50. The van der Waals surface area contributed by atoms with E-state index in [9.17, 15) is 9.59 Å². The van der Waals surface area contributed by atoms with Crippen LogP contribution in [0.3, 0.4) is 0 Å². The molecule has 0 aliphatic carbocycles. The first-order valence-electron chi connectivity index (χ1n) is 6.48. The second kappa shape index (κ2) is 6.40. The standard InChI is InChI=1S/C13H22N4O3/c1-5-13(2,11(18)19)9-15-12(20)17(4)8-10-14-6-7-16(10)3/h6-7H,5,8-9H2,1-4H3,(H,15,20)(H,18,19). The molecule has 1 unspecified atom stereocenters. The highest BCUT2D eigenvalue weighted by Gasteiger charge is 2.31. The molecule has 2 amide bonds. The highest BCUT2D eigenvalue weighted by Crippen LogP contribution is 2.19. The smallest absolute Gasteiger partial charge is 0.317 e. The van der Waals surface area contributed by atoms with E-state index in [1.807, 2.05) is 11.6 Å². The molecule has 0 aliphatic heterocycles. The SMILES string of the molecule is CCC(C)(CNC(=O)N(C)Cc1nccn1C)C(=O)O. The van der Waals surface area contributed by atoms with E-state index in [1.165, 1.54) is 4.90 Å². The van der Waals surface area contributed by atoms with E-state index in [0.717, 1.165) is 5.82 Å². The van der Waals surface area contributed by atoms with Crippen molar-refractivity contribution in [2.45, 2.75) is 26.8 Å². The predicted octanol–water partition coefficient (Wildman–Crippen LogP) is 1.06. The molecular weight excluding hydrogens is 260 g/mol. The molecule has 0 aliphatic rings. The summed E-state index contributed by atoms with van der Waals surface area (Å²) >= 11 is 0. The fourth-order valence-electron chi connectivity index (χ4n) is 1.59. The zero-order valence-electron chi connectivity index (χ0n) is 12.4. The number of aryl methyl sites for hydroxylation is 1. The van der Waals surface area contributed by atoms with Crippen molar-refractivity contribution in [3.8, 4) is 0 Å². The lowest BCUT2D eigenvalue weighted by molar-refractivity contribution is -0.147. The van der Waals surface area contributed by atoms with E-state index in [2.05, 4.69) is 10.3 Å². The summed E-state index contributed by atoms with van der Waals surface area (Å²) in [6, 6.07) is -0.311. The van der Waals surface area contributed by atoms with E-state index >= 15 is 0 Å². The quantitative estimate of drug-likeness (QED) is 0.816. The Morgan fingerprint density at radius 2 is 2.20 bits per heavy atom. The van der Waals surface area contributed by atoms with Gasteiger partial charge in [0.15, 0.2) is 0 Å². The first-order valence-corrected chi connectivity index (χ1v) is 6.48. The fraction of sp³-hybridized carbons (Fsp3) is 0.615. The zero-order chi connectivity index (χ0) is 15.3. The molecule has 1 heterocycles. The van der Waals surface area contributed by atoms with E-state index in [4.69, 9.17) is 5.11 Å². The summed E-state index contributed by atoms with van der Waals surface area (Å²) in [6.45, 7) is 3.88. The number of nitrogens with one attached hydrogen (secondary N) is 1. The van der Waals surface area contributed by atoms with Gasteiger partial charge in [0, 0.05) is 33.0 Å². The van der Waals surface area contributed by atoms with Crippen molar-refractivity contribution >= 4 is 12.0 Å². The first-order chi connectivity index (χ1) is 9.30. The number of hydrogen-bond acceptors (Lipinski definition) is 3. The molecule has 0 aromatic carbocycles. The maximum absolute atomic E-state index is 12.0. The second-order valence-electron chi connectivity index (χ2n) is 5.19. The number of carboxylic acid groups (broad SMARTS) is 1. The number of carbonyl (C=O) groups is 2. The minimum Gasteiger partial charge on any atom is -0.481 e. The normalized spacial score (nSPS) is 13.6. The van der Waals surface area contributed by atoms with Crippen LogP contribution < -0.4 is 5.32 Å². The van der Waals surface area contributed by atoms with Crippen LogP contribution in [0.1, 0.15) is 26.1 Å². The summed E-state index contributed by atoms with van der Waals surface area (Å²) < 4.78 is 1.83. The van der Waals surface area contributed by atoms with Crippen LogP contribution in [-0.4, -0.2) is 45.2 Å². The molecule has 1 atom stereocenters. The molecule has 1 rings (SSSR count). The van der Waals surface area contributed by atoms with Gasteiger partial charge in [0.05, 0.1) is 12.0 Å². The van der Waals surface area contributed by atoms with Crippen molar-refractivity contribution < 1.29 is 14.7 Å². The van der Waals surface area contributed by atoms with Gasteiger partial charge in [-0.1, -0.05) is 6.92 Å². The number of amides is 2. The Balaban J connectivity index is 2.54. The number of urea groups is 1. The number of nitrogens with zero attached hydrogens (tertiary/aromatic N) is 3. The first kappa shape index (κ1) is 16.0. The van der Waals surface area contributed by atoms with Crippen LogP contribution in [0, 0.1) is 5.41 Å². The van der Waals surface area contributed by atoms with Gasteiger partial charge in [-0.25, -0.2) is 9.78 Å². The number of aromatic nitrogens is 2. The van der Waals surface area contributed by atoms with Crippen LogP contribution in [-0.2, 0) is 18.4 Å². The molecule has 7 nitrogen and oxygen atoms in total. The molecule has 1 aromatic rings. The maximum atomic E-state index is 12.0. The van der Waals surface area contributed by atoms with Crippen LogP contribution in [0.2, 0.25) is 0 Å². The van der Waals surface area contributed by atoms with E-state index in [-0.39, 0.29) is 12.6 Å². The molecule has 112 valence electrons. The summed E-state index contributed by atoms with van der Waals surface area (Å²) in [5.74, 6) is -0.147. The Morgan fingerprint density at radius 1 is 1.55 bits per heavy atom. The monoisotopic (exact) mass is 282 g/mol. The molecule has 0 radical (unpaired) electrons. The molecule has 0 saturated heterocycles. The molecule has 0 spiro atoms. The number of hydrogen-bond donors (Lipinski definition) is 2. The van der Waals surface area contributed by atoms with Crippen molar-refractivity contribution in [1.29, 1.82) is 0 Å². The van der Waals surface area contributed by atoms with E-state index < -0.39 is 11.4 Å². The number of carbonyl (C=O) groups excluding carboxylic acids is 1. The minimum atomic E-state index is -0.945. The molecule has 7 heteroatoms. The molecule has 0 saturated carbocycles. The van der Waals surface area contributed by atoms with Gasteiger partial charge >= 0.3 is 12.0 Å². The number of imidazole rings is 1. The van der Waals surface area contributed by atoms with Gasteiger partial charge in [-0.05, 0) is 13.3 Å². The Labute approximate surface area is 118 Å². The van der Waals surface area contributed by atoms with Crippen molar-refractivity contribution in [2.75, 3.05) is 13.6 Å². The zero-order valence-corrected chi connectivity index (χ0v) is 12.4. The Bertz CT molecular complexity index is 486. The fourth-order valence-corrected chi connectivity index (χ4v) is 1.59. The molecule has 1 aromatic heterocycles. The molecule has 0 fully saturated rings. The Kier molecular flexibility index (Phi) is 5.12. The largest absolute Gasteiger partial charge is 0.481 e. The van der Waals surface area contributed by atoms with E-state index in [0.29, 0.717) is 13.0 Å². The maximum Gasteiger partial charge on any atom is 0.317 e. The van der Waals surface area contributed by atoms with Crippen molar-refractivity contribution in [3.05, 3.63) is 18.2 Å². The average Bonchev–Trinajstić information content (AvgIpc) is 2.80. The predicted molar refractivity (Wildman–Crippen MR) is 74.1 cm³/mol. The lowest BCUT2D eigenvalue weighted by Gasteiger charge is -2.25. The van der Waals surface area contributed by atoms with Crippen LogP contribution in [0.5, 0.6) is 0 Å².